The number of rotatable bonds is 3. The quantitative estimate of drug-likeness (QED) is 0.585. The maximum atomic E-state index is 10.6. The monoisotopic (exact) mass is 202 g/mol. The third-order valence-electron chi connectivity index (χ3n) is 1.95. The summed E-state index contributed by atoms with van der Waals surface area (Å²) < 4.78 is 0. The van der Waals surface area contributed by atoms with Gasteiger partial charge < -0.3 is 10.4 Å². The molecule has 0 aromatic heterocycles. The number of thiol groups is 1. The summed E-state index contributed by atoms with van der Waals surface area (Å²) in [4.78, 5) is 14.8. The van der Waals surface area contributed by atoms with E-state index in [-0.39, 0.29) is 5.75 Å². The molecule has 2 N–H and O–H groups in total. The van der Waals surface area contributed by atoms with Crippen molar-refractivity contribution in [3.8, 4) is 0 Å². The van der Waals surface area contributed by atoms with Gasteiger partial charge in [0.05, 0.1) is 5.84 Å². The molecule has 0 radical (unpaired) electrons. The topological polar surface area (TPSA) is 61.7 Å². The first-order valence-corrected chi connectivity index (χ1v) is 5.01. The molecule has 74 valence electrons. The molecule has 0 aromatic rings. The van der Waals surface area contributed by atoms with Crippen LogP contribution >= 0.6 is 12.6 Å². The Morgan fingerprint density at radius 1 is 1.69 bits per heavy atom. The Labute approximate surface area is 82.8 Å². The van der Waals surface area contributed by atoms with Gasteiger partial charge in [0.1, 0.15) is 6.04 Å². The fourth-order valence-corrected chi connectivity index (χ4v) is 1.45. The zero-order valence-electron chi connectivity index (χ0n) is 7.36. The number of hydrogen-bond acceptors (Lipinski definition) is 4. The molecule has 1 heterocycles. The highest BCUT2D eigenvalue weighted by molar-refractivity contribution is 7.80. The van der Waals surface area contributed by atoms with E-state index in [0.717, 1.165) is 31.6 Å². The Morgan fingerprint density at radius 2 is 2.46 bits per heavy atom. The van der Waals surface area contributed by atoms with Crippen LogP contribution in [0.25, 0.3) is 0 Å². The molecule has 0 saturated heterocycles. The van der Waals surface area contributed by atoms with Crippen LogP contribution in [0.3, 0.4) is 0 Å². The first-order valence-electron chi connectivity index (χ1n) is 4.37. The number of carboxylic acids is 1. The van der Waals surface area contributed by atoms with Gasteiger partial charge in [-0.05, 0) is 12.8 Å². The largest absolute Gasteiger partial charge is 0.480 e. The summed E-state index contributed by atoms with van der Waals surface area (Å²) in [6.45, 7) is 0.807. The van der Waals surface area contributed by atoms with Gasteiger partial charge in [-0.1, -0.05) is 0 Å². The van der Waals surface area contributed by atoms with Crippen LogP contribution in [0, 0.1) is 0 Å². The molecular weight excluding hydrogens is 188 g/mol. The number of nitrogens with one attached hydrogen (secondary N) is 1. The van der Waals surface area contributed by atoms with Crippen LogP contribution < -0.4 is 5.32 Å². The number of aliphatic carboxylic acids is 1. The molecule has 13 heavy (non-hydrogen) atoms. The summed E-state index contributed by atoms with van der Waals surface area (Å²) in [5.41, 5.74) is 0. The molecule has 1 rings (SSSR count). The third kappa shape index (κ3) is 3.26. The minimum Gasteiger partial charge on any atom is -0.480 e. The highest BCUT2D eigenvalue weighted by Gasteiger charge is 2.17. The van der Waals surface area contributed by atoms with Crippen LogP contribution in [0.15, 0.2) is 4.99 Å². The van der Waals surface area contributed by atoms with Crippen molar-refractivity contribution >= 4 is 24.4 Å². The van der Waals surface area contributed by atoms with Crippen molar-refractivity contribution in [1.29, 1.82) is 0 Å². The third-order valence-corrected chi connectivity index (χ3v) is 2.31. The van der Waals surface area contributed by atoms with Gasteiger partial charge in [0, 0.05) is 18.7 Å². The lowest BCUT2D eigenvalue weighted by molar-refractivity contribution is -0.138. The average Bonchev–Trinajstić information content (AvgIpc) is 2.15. The molecule has 1 aliphatic heterocycles. The van der Waals surface area contributed by atoms with Crippen LogP contribution in [-0.4, -0.2) is 35.3 Å². The van der Waals surface area contributed by atoms with Crippen LogP contribution in [0.1, 0.15) is 19.3 Å². The fraction of sp³-hybridized carbons (Fsp3) is 0.750. The second-order valence-corrected chi connectivity index (χ2v) is 3.37. The van der Waals surface area contributed by atoms with E-state index in [4.69, 9.17) is 5.11 Å². The van der Waals surface area contributed by atoms with Gasteiger partial charge in [-0.15, -0.1) is 0 Å². The maximum absolute atomic E-state index is 10.6. The van der Waals surface area contributed by atoms with Crippen molar-refractivity contribution in [2.75, 3.05) is 12.3 Å². The van der Waals surface area contributed by atoms with E-state index in [0.29, 0.717) is 0 Å². The molecular formula is C8H14N2O2S. The molecule has 0 saturated carbocycles. The van der Waals surface area contributed by atoms with Crippen LogP contribution in [0.2, 0.25) is 0 Å². The van der Waals surface area contributed by atoms with Gasteiger partial charge in [0.2, 0.25) is 0 Å². The zero-order chi connectivity index (χ0) is 9.68. The first kappa shape index (κ1) is 10.4. The summed E-state index contributed by atoms with van der Waals surface area (Å²) in [5.74, 6) is 0.227. The molecule has 5 heteroatoms. The summed E-state index contributed by atoms with van der Waals surface area (Å²) in [7, 11) is 0. The highest BCUT2D eigenvalue weighted by atomic mass is 32.1. The Morgan fingerprint density at radius 3 is 2.92 bits per heavy atom. The van der Waals surface area contributed by atoms with Crippen molar-refractivity contribution in [3.63, 3.8) is 0 Å². The Hall–Kier alpha value is -0.710. The molecule has 0 bridgehead atoms. The summed E-state index contributed by atoms with van der Waals surface area (Å²) in [6, 6.07) is -0.611. The molecule has 0 aliphatic carbocycles. The number of hydrogen-bond donors (Lipinski definition) is 3. The summed E-state index contributed by atoms with van der Waals surface area (Å²) >= 11 is 3.96. The van der Waals surface area contributed by atoms with Gasteiger partial charge in [-0.2, -0.15) is 12.6 Å². The Bertz CT molecular complexity index is 218. The van der Waals surface area contributed by atoms with Gasteiger partial charge in [-0.25, -0.2) is 4.79 Å². The summed E-state index contributed by atoms with van der Waals surface area (Å²) in [6.07, 6.45) is 3.05. The van der Waals surface area contributed by atoms with Crippen molar-refractivity contribution in [2.24, 2.45) is 4.99 Å². The van der Waals surface area contributed by atoms with E-state index in [1.165, 1.54) is 0 Å². The highest BCUT2D eigenvalue weighted by Crippen LogP contribution is 2.04. The average molecular weight is 202 g/mol. The molecule has 4 nitrogen and oxygen atoms in total. The van der Waals surface area contributed by atoms with Gasteiger partial charge in [0.25, 0.3) is 0 Å². The van der Waals surface area contributed by atoms with Crippen LogP contribution in [0.4, 0.5) is 0 Å². The lowest BCUT2D eigenvalue weighted by atomic mass is 10.1. The maximum Gasteiger partial charge on any atom is 0.327 e. The van der Waals surface area contributed by atoms with Crippen LogP contribution in [-0.2, 0) is 4.79 Å². The molecule has 0 fully saturated rings. The van der Waals surface area contributed by atoms with Crippen LogP contribution in [0.5, 0.6) is 0 Å². The standard InChI is InChI=1S/C8H14N2O2S/c11-8(12)6(5-13)10-7-3-1-2-4-9-7/h6,13H,1-5H2,(H,9,10)(H,11,12)/t6-/m1/s1. The molecule has 1 atom stereocenters. The smallest absolute Gasteiger partial charge is 0.327 e. The number of carboxylic acid groups (broad SMARTS) is 1. The van der Waals surface area contributed by atoms with Crippen molar-refractivity contribution in [3.05, 3.63) is 0 Å². The molecule has 0 aromatic carbocycles. The molecule has 0 spiro atoms. The van der Waals surface area contributed by atoms with E-state index in [2.05, 4.69) is 22.9 Å². The predicted octanol–water partition coefficient (Wildman–Crippen LogP) is 0.541. The second-order valence-electron chi connectivity index (χ2n) is 3.00. The number of nitrogens with zero attached hydrogens (tertiary/aromatic N) is 1. The minimum atomic E-state index is -0.872. The lowest BCUT2D eigenvalue weighted by Crippen LogP contribution is -2.42. The number of carbonyl (C=O) groups is 1. The van der Waals surface area contributed by atoms with Gasteiger partial charge in [0.15, 0.2) is 0 Å². The molecule has 0 amide bonds. The zero-order valence-corrected chi connectivity index (χ0v) is 8.26. The van der Waals surface area contributed by atoms with Crippen molar-refractivity contribution in [1.82, 2.24) is 5.32 Å². The van der Waals surface area contributed by atoms with Gasteiger partial charge in [-0.3, -0.25) is 4.99 Å². The fourth-order valence-electron chi connectivity index (χ4n) is 1.20. The number of amidine groups is 1. The molecule has 0 unspecified atom stereocenters. The van der Waals surface area contributed by atoms with Gasteiger partial charge >= 0.3 is 5.97 Å². The predicted molar refractivity (Wildman–Crippen MR) is 54.6 cm³/mol. The first-order chi connectivity index (χ1) is 6.24. The number of aliphatic imine (C=N–C) groups is 1. The minimum absolute atomic E-state index is 0.286. The lowest BCUT2D eigenvalue weighted by Gasteiger charge is -2.17. The summed E-state index contributed by atoms with van der Waals surface area (Å²) in [5, 5.41) is 11.6. The van der Waals surface area contributed by atoms with Crippen molar-refractivity contribution < 1.29 is 9.90 Å². The Kier molecular flexibility index (Phi) is 4.08. The van der Waals surface area contributed by atoms with E-state index in [1.54, 1.807) is 0 Å². The SMILES string of the molecule is O=C(O)[C@@H](CS)NC1=NCCCC1. The Balaban J connectivity index is 2.45. The van der Waals surface area contributed by atoms with Crippen molar-refractivity contribution in [2.45, 2.75) is 25.3 Å². The normalized spacial score (nSPS) is 19.0. The molecule has 1 aliphatic rings. The van der Waals surface area contributed by atoms with E-state index in [1.807, 2.05) is 0 Å². The second kappa shape index (κ2) is 5.11. The van der Waals surface area contributed by atoms with E-state index in [9.17, 15) is 4.79 Å². The van der Waals surface area contributed by atoms with E-state index < -0.39 is 12.0 Å². The van der Waals surface area contributed by atoms with E-state index >= 15 is 0 Å².